The Morgan fingerprint density at radius 1 is 1.22 bits per heavy atom. The predicted molar refractivity (Wildman–Crippen MR) is 94.6 cm³/mol. The van der Waals surface area contributed by atoms with Crippen molar-refractivity contribution in [2.45, 2.75) is 13.0 Å². The van der Waals surface area contributed by atoms with Gasteiger partial charge >= 0.3 is 0 Å². The van der Waals surface area contributed by atoms with Crippen molar-refractivity contribution >= 4 is 17.2 Å². The zero-order chi connectivity index (χ0) is 16.7. The highest BCUT2D eigenvalue weighted by atomic mass is 32.1. The van der Waals surface area contributed by atoms with Gasteiger partial charge in [-0.2, -0.15) is 0 Å². The molecule has 1 amide bonds. The zero-order valence-corrected chi connectivity index (χ0v) is 14.6. The number of carbonyl (C=O) groups excluding carboxylic acids is 1. The van der Waals surface area contributed by atoms with E-state index in [2.05, 4.69) is 9.88 Å². The summed E-state index contributed by atoms with van der Waals surface area (Å²) in [6.07, 6.45) is 0.717. The number of nitrogens with zero attached hydrogens (tertiary/aromatic N) is 3. The minimum atomic E-state index is -0.0183. The molecule has 0 spiro atoms. The number of nitrogens with two attached hydrogens (primary N) is 1. The summed E-state index contributed by atoms with van der Waals surface area (Å²) in [4.78, 5) is 21.2. The van der Waals surface area contributed by atoms with Gasteiger partial charge in [-0.05, 0) is 26.2 Å². The molecule has 0 saturated carbocycles. The fourth-order valence-electron chi connectivity index (χ4n) is 2.19. The van der Waals surface area contributed by atoms with Crippen LogP contribution < -0.4 is 5.73 Å². The molecule has 2 aromatic rings. The van der Waals surface area contributed by atoms with Crippen LogP contribution in [0.1, 0.15) is 21.1 Å². The van der Waals surface area contributed by atoms with E-state index in [0.29, 0.717) is 31.7 Å². The van der Waals surface area contributed by atoms with Crippen LogP contribution in [0.2, 0.25) is 0 Å². The van der Waals surface area contributed by atoms with Gasteiger partial charge in [-0.3, -0.25) is 4.79 Å². The van der Waals surface area contributed by atoms with Gasteiger partial charge in [0.2, 0.25) is 0 Å². The van der Waals surface area contributed by atoms with E-state index in [1.54, 1.807) is 0 Å². The van der Waals surface area contributed by atoms with Crippen LogP contribution >= 0.6 is 11.3 Å². The van der Waals surface area contributed by atoms with Crippen LogP contribution in [-0.4, -0.2) is 54.4 Å². The third kappa shape index (κ3) is 5.42. The van der Waals surface area contributed by atoms with Crippen molar-refractivity contribution < 1.29 is 4.79 Å². The second-order valence-electron chi connectivity index (χ2n) is 5.68. The molecule has 2 N–H and O–H groups in total. The van der Waals surface area contributed by atoms with Crippen molar-refractivity contribution in [3.63, 3.8) is 0 Å². The maximum Gasteiger partial charge on any atom is 0.273 e. The Bertz CT molecular complexity index is 612. The van der Waals surface area contributed by atoms with Gasteiger partial charge in [0.25, 0.3) is 5.91 Å². The summed E-state index contributed by atoms with van der Waals surface area (Å²) in [6, 6.07) is 10.0. The summed E-state index contributed by atoms with van der Waals surface area (Å²) in [7, 11) is 4.01. The molecule has 0 aliphatic heterocycles. The summed E-state index contributed by atoms with van der Waals surface area (Å²) in [5, 5.41) is 2.75. The molecule has 1 aromatic carbocycles. The number of rotatable bonds is 8. The first-order valence-electron chi connectivity index (χ1n) is 7.72. The molecule has 1 aromatic heterocycles. The Balaban J connectivity index is 2.12. The molecule has 2 rings (SSSR count). The van der Waals surface area contributed by atoms with Crippen molar-refractivity contribution in [3.05, 3.63) is 52.0 Å². The highest BCUT2D eigenvalue weighted by molar-refractivity contribution is 7.09. The highest BCUT2D eigenvalue weighted by Crippen LogP contribution is 2.14. The van der Waals surface area contributed by atoms with E-state index in [4.69, 9.17) is 5.73 Å². The Morgan fingerprint density at radius 3 is 2.61 bits per heavy atom. The summed E-state index contributed by atoms with van der Waals surface area (Å²) in [6.45, 7) is 2.63. The predicted octanol–water partition coefficient (Wildman–Crippen LogP) is 1.85. The zero-order valence-electron chi connectivity index (χ0n) is 13.7. The lowest BCUT2D eigenvalue weighted by Crippen LogP contribution is -2.36. The third-order valence-corrected chi connectivity index (χ3v) is 4.36. The minimum Gasteiger partial charge on any atom is -0.332 e. The van der Waals surface area contributed by atoms with Crippen LogP contribution in [0, 0.1) is 0 Å². The average molecular weight is 332 g/mol. The Hall–Kier alpha value is -1.76. The molecule has 23 heavy (non-hydrogen) atoms. The van der Waals surface area contributed by atoms with Crippen molar-refractivity contribution in [1.29, 1.82) is 0 Å². The molecule has 1 heterocycles. The van der Waals surface area contributed by atoms with E-state index in [0.717, 1.165) is 17.1 Å². The van der Waals surface area contributed by atoms with E-state index in [9.17, 15) is 4.79 Å². The number of aromatic nitrogens is 1. The monoisotopic (exact) mass is 332 g/mol. The summed E-state index contributed by atoms with van der Waals surface area (Å²) >= 11 is 1.50. The molecule has 6 heteroatoms. The number of likely N-dealkylation sites (N-methyl/N-ethyl adjacent to an activating group) is 1. The molecule has 5 nitrogen and oxygen atoms in total. The fraction of sp³-hybridized carbons (Fsp3) is 0.412. The van der Waals surface area contributed by atoms with Gasteiger partial charge in [-0.15, -0.1) is 11.3 Å². The van der Waals surface area contributed by atoms with Crippen LogP contribution in [0.4, 0.5) is 0 Å². The van der Waals surface area contributed by atoms with Gasteiger partial charge in [0, 0.05) is 31.4 Å². The molecular weight excluding hydrogens is 308 g/mol. The largest absolute Gasteiger partial charge is 0.332 e. The van der Waals surface area contributed by atoms with Crippen molar-refractivity contribution in [3.8, 4) is 0 Å². The lowest BCUT2D eigenvalue weighted by atomic mass is 10.2. The van der Waals surface area contributed by atoms with Gasteiger partial charge in [0.05, 0.1) is 5.01 Å². The number of amides is 1. The smallest absolute Gasteiger partial charge is 0.273 e. The molecule has 0 fully saturated rings. The van der Waals surface area contributed by atoms with E-state index in [1.807, 2.05) is 54.7 Å². The van der Waals surface area contributed by atoms with Crippen LogP contribution in [0.15, 0.2) is 35.7 Å². The summed E-state index contributed by atoms with van der Waals surface area (Å²) in [5.41, 5.74) is 7.20. The van der Waals surface area contributed by atoms with Gasteiger partial charge < -0.3 is 15.5 Å². The van der Waals surface area contributed by atoms with E-state index >= 15 is 0 Å². The Morgan fingerprint density at radius 2 is 1.96 bits per heavy atom. The maximum atomic E-state index is 12.8. The van der Waals surface area contributed by atoms with Gasteiger partial charge in [0.15, 0.2) is 0 Å². The Labute approximate surface area is 141 Å². The number of carbonyl (C=O) groups is 1. The van der Waals surface area contributed by atoms with Crippen molar-refractivity contribution in [2.75, 3.05) is 33.7 Å². The first-order chi connectivity index (χ1) is 11.1. The normalized spacial score (nSPS) is 11.0. The van der Waals surface area contributed by atoms with E-state index < -0.39 is 0 Å². The molecule has 0 saturated heterocycles. The van der Waals surface area contributed by atoms with Crippen LogP contribution in [0.5, 0.6) is 0 Å². The molecule has 0 atom stereocenters. The molecule has 0 aliphatic rings. The van der Waals surface area contributed by atoms with Crippen LogP contribution in [0.3, 0.4) is 0 Å². The molecule has 124 valence electrons. The molecule has 0 unspecified atom stereocenters. The molecule has 0 radical (unpaired) electrons. The number of hydrogen-bond donors (Lipinski definition) is 1. The second-order valence-corrected chi connectivity index (χ2v) is 6.62. The fourth-order valence-corrected chi connectivity index (χ4v) is 2.97. The first kappa shape index (κ1) is 17.6. The minimum absolute atomic E-state index is 0.0183. The lowest BCUT2D eigenvalue weighted by molar-refractivity contribution is 0.0726. The summed E-state index contributed by atoms with van der Waals surface area (Å²) < 4.78 is 0. The van der Waals surface area contributed by atoms with E-state index in [1.165, 1.54) is 11.3 Å². The lowest BCUT2D eigenvalue weighted by Gasteiger charge is -2.24. The van der Waals surface area contributed by atoms with Gasteiger partial charge in [-0.25, -0.2) is 4.98 Å². The second kappa shape index (κ2) is 8.76. The van der Waals surface area contributed by atoms with Crippen LogP contribution in [0.25, 0.3) is 0 Å². The molecule has 0 bridgehead atoms. The number of thiazole rings is 1. The van der Waals surface area contributed by atoms with Crippen molar-refractivity contribution in [2.24, 2.45) is 5.73 Å². The van der Waals surface area contributed by atoms with E-state index in [-0.39, 0.29) is 5.91 Å². The molecule has 0 aliphatic carbocycles. The number of benzene rings is 1. The first-order valence-corrected chi connectivity index (χ1v) is 8.60. The van der Waals surface area contributed by atoms with Gasteiger partial charge in [0.1, 0.15) is 5.69 Å². The maximum absolute atomic E-state index is 12.8. The number of hydrogen-bond acceptors (Lipinski definition) is 5. The third-order valence-electron chi connectivity index (χ3n) is 3.45. The topological polar surface area (TPSA) is 62.5 Å². The highest BCUT2D eigenvalue weighted by Gasteiger charge is 2.19. The average Bonchev–Trinajstić information content (AvgIpc) is 3.00. The van der Waals surface area contributed by atoms with Crippen molar-refractivity contribution in [1.82, 2.24) is 14.8 Å². The van der Waals surface area contributed by atoms with Gasteiger partial charge in [-0.1, -0.05) is 30.3 Å². The molecular formula is C17H24N4OS. The SMILES string of the molecule is CN(C)CCN(Cc1ccccc1)C(=O)c1csc(CCN)n1. The standard InChI is InChI=1S/C17H24N4OS/c1-20(2)10-11-21(12-14-6-4-3-5-7-14)17(22)15-13-23-16(19-15)8-9-18/h3-7,13H,8-12,18H2,1-2H3. The Kier molecular flexibility index (Phi) is 6.70. The summed E-state index contributed by atoms with van der Waals surface area (Å²) in [5.74, 6) is -0.0183. The van der Waals surface area contributed by atoms with Crippen LogP contribution in [-0.2, 0) is 13.0 Å². The quantitative estimate of drug-likeness (QED) is 0.801.